The molecule has 22 heavy (non-hydrogen) atoms. The number of aliphatic imine (C=N–C) groups is 1. The van der Waals surface area contributed by atoms with E-state index in [9.17, 15) is 9.59 Å². The number of carbonyl (C=O) groups is 2. The number of aromatic nitrogens is 2. The van der Waals surface area contributed by atoms with Crippen molar-refractivity contribution in [3.05, 3.63) is 11.4 Å². The van der Waals surface area contributed by atoms with Gasteiger partial charge in [-0.2, -0.15) is 0 Å². The van der Waals surface area contributed by atoms with Crippen LogP contribution in [0.3, 0.4) is 0 Å². The molecule has 2 aliphatic heterocycles. The first-order valence-electron chi connectivity index (χ1n) is 7.14. The van der Waals surface area contributed by atoms with Crippen LogP contribution in [0.4, 0.5) is 10.7 Å². The molecule has 118 valence electrons. The molecule has 1 aromatic rings. The van der Waals surface area contributed by atoms with E-state index < -0.39 is 6.04 Å². The third-order valence-corrected chi connectivity index (χ3v) is 4.50. The Labute approximate surface area is 128 Å². The summed E-state index contributed by atoms with van der Waals surface area (Å²) >= 11 is 0. The fourth-order valence-electron chi connectivity index (χ4n) is 2.98. The van der Waals surface area contributed by atoms with Crippen molar-refractivity contribution in [3.8, 4) is 0 Å². The summed E-state index contributed by atoms with van der Waals surface area (Å²) < 4.78 is 8.83. The Morgan fingerprint density at radius 2 is 2.00 bits per heavy atom. The number of ether oxygens (including phenoxy) is 1. The molecule has 1 fully saturated rings. The lowest BCUT2D eigenvalue weighted by Crippen LogP contribution is -2.58. The predicted molar refractivity (Wildman–Crippen MR) is 78.0 cm³/mol. The highest BCUT2D eigenvalue weighted by atomic mass is 16.5. The predicted octanol–water partition coefficient (Wildman–Crippen LogP) is 0.0545. The fourth-order valence-corrected chi connectivity index (χ4v) is 2.98. The topological polar surface area (TPSA) is 71.0 Å². The normalized spacial score (nSPS) is 20.4. The SMILES string of the molecule is COCCN1C(=O)C2C(=Nc3n2c(C)c(C)[n+]3C)N(C)C1=O. The maximum Gasteiger partial charge on any atom is 0.401 e. The van der Waals surface area contributed by atoms with Crippen molar-refractivity contribution in [3.63, 3.8) is 0 Å². The molecule has 1 atom stereocenters. The molecule has 0 bridgehead atoms. The van der Waals surface area contributed by atoms with E-state index in [1.807, 2.05) is 30.0 Å². The van der Waals surface area contributed by atoms with Crippen LogP contribution >= 0.6 is 0 Å². The number of fused-ring (bicyclic) bond motifs is 3. The second kappa shape index (κ2) is 4.91. The van der Waals surface area contributed by atoms with E-state index in [1.54, 1.807) is 14.2 Å². The Morgan fingerprint density at radius 1 is 1.32 bits per heavy atom. The van der Waals surface area contributed by atoms with Crippen LogP contribution in [0.25, 0.3) is 0 Å². The second-order valence-electron chi connectivity index (χ2n) is 5.60. The maximum absolute atomic E-state index is 12.8. The van der Waals surface area contributed by atoms with Gasteiger partial charge in [0.25, 0.3) is 5.91 Å². The van der Waals surface area contributed by atoms with Gasteiger partial charge < -0.3 is 4.74 Å². The maximum atomic E-state index is 12.8. The van der Waals surface area contributed by atoms with Gasteiger partial charge in [0.2, 0.25) is 11.9 Å². The van der Waals surface area contributed by atoms with Crippen LogP contribution in [0.15, 0.2) is 4.99 Å². The van der Waals surface area contributed by atoms with Crippen LogP contribution in [0.5, 0.6) is 0 Å². The quantitative estimate of drug-likeness (QED) is 0.741. The molecule has 3 amide bonds. The highest BCUT2D eigenvalue weighted by molar-refractivity contribution is 6.20. The highest BCUT2D eigenvalue weighted by Crippen LogP contribution is 2.34. The number of urea groups is 1. The van der Waals surface area contributed by atoms with E-state index in [-0.39, 0.29) is 18.5 Å². The molecule has 2 aliphatic rings. The first-order chi connectivity index (χ1) is 10.4. The van der Waals surface area contributed by atoms with E-state index in [2.05, 4.69) is 4.99 Å². The highest BCUT2D eigenvalue weighted by Gasteiger charge is 2.53. The molecule has 1 saturated heterocycles. The summed E-state index contributed by atoms with van der Waals surface area (Å²) in [6, 6.07) is -0.936. The summed E-state index contributed by atoms with van der Waals surface area (Å²) in [6.45, 7) is 4.50. The average molecular weight is 306 g/mol. The Morgan fingerprint density at radius 3 is 2.64 bits per heavy atom. The third kappa shape index (κ3) is 1.73. The van der Waals surface area contributed by atoms with Gasteiger partial charge in [0, 0.05) is 14.2 Å². The zero-order valence-electron chi connectivity index (χ0n) is 13.5. The van der Waals surface area contributed by atoms with Gasteiger partial charge in [-0.15, -0.1) is 0 Å². The van der Waals surface area contributed by atoms with Crippen LogP contribution in [0.2, 0.25) is 0 Å². The minimum Gasteiger partial charge on any atom is -0.383 e. The summed E-state index contributed by atoms with van der Waals surface area (Å²) in [7, 11) is 5.10. The summed E-state index contributed by atoms with van der Waals surface area (Å²) in [5, 5.41) is 0. The lowest BCUT2D eigenvalue weighted by molar-refractivity contribution is -0.663. The zero-order chi connectivity index (χ0) is 16.2. The van der Waals surface area contributed by atoms with Gasteiger partial charge in [-0.05, 0) is 13.8 Å². The first kappa shape index (κ1) is 14.7. The monoisotopic (exact) mass is 306 g/mol. The van der Waals surface area contributed by atoms with E-state index in [0.29, 0.717) is 18.4 Å². The number of methoxy groups -OCH3 is 1. The largest absolute Gasteiger partial charge is 0.401 e. The van der Waals surface area contributed by atoms with Crippen LogP contribution in [-0.4, -0.2) is 59.4 Å². The van der Waals surface area contributed by atoms with Crippen LogP contribution in [0.1, 0.15) is 17.4 Å². The van der Waals surface area contributed by atoms with Crippen molar-refractivity contribution >= 4 is 23.7 Å². The minimum atomic E-state index is -0.575. The van der Waals surface area contributed by atoms with Gasteiger partial charge in [0.15, 0.2) is 0 Å². The smallest absolute Gasteiger partial charge is 0.383 e. The van der Waals surface area contributed by atoms with E-state index >= 15 is 0 Å². The number of nitrogens with zero attached hydrogens (tertiary/aromatic N) is 5. The summed E-state index contributed by atoms with van der Waals surface area (Å²) in [5.41, 5.74) is 2.03. The lowest BCUT2D eigenvalue weighted by Gasteiger charge is -2.33. The number of amides is 3. The van der Waals surface area contributed by atoms with Gasteiger partial charge in [-0.25, -0.2) is 13.9 Å². The number of rotatable bonds is 3. The van der Waals surface area contributed by atoms with Crippen molar-refractivity contribution in [1.82, 2.24) is 14.4 Å². The molecule has 1 unspecified atom stereocenters. The molecule has 0 N–H and O–H groups in total. The van der Waals surface area contributed by atoms with Crippen molar-refractivity contribution < 1.29 is 18.9 Å². The van der Waals surface area contributed by atoms with Gasteiger partial charge in [-0.1, -0.05) is 4.99 Å². The van der Waals surface area contributed by atoms with Gasteiger partial charge in [-0.3, -0.25) is 14.6 Å². The summed E-state index contributed by atoms with van der Waals surface area (Å²) in [5.74, 6) is 0.922. The Balaban J connectivity index is 2.09. The number of likely N-dealkylation sites (N-methyl/N-ethyl adjacent to an activating group) is 1. The summed E-state index contributed by atoms with van der Waals surface area (Å²) in [6.07, 6.45) is 0. The molecule has 0 saturated carbocycles. The molecular formula is C14H20N5O3+. The second-order valence-corrected chi connectivity index (χ2v) is 5.60. The lowest BCUT2D eigenvalue weighted by atomic mass is 10.1. The van der Waals surface area contributed by atoms with Crippen LogP contribution < -0.4 is 4.57 Å². The Hall–Kier alpha value is -2.22. The molecule has 3 heterocycles. The number of imidazole rings is 1. The van der Waals surface area contributed by atoms with Crippen molar-refractivity contribution in [2.75, 3.05) is 27.3 Å². The number of amidine groups is 1. The third-order valence-electron chi connectivity index (χ3n) is 4.50. The minimum absolute atomic E-state index is 0.239. The number of hydrogen-bond acceptors (Lipinski definition) is 4. The molecule has 0 spiro atoms. The van der Waals surface area contributed by atoms with Gasteiger partial charge in [0.05, 0.1) is 20.2 Å². The van der Waals surface area contributed by atoms with Crippen molar-refractivity contribution in [2.45, 2.75) is 19.9 Å². The average Bonchev–Trinajstić information content (AvgIpc) is 2.99. The number of hydrogen-bond donors (Lipinski definition) is 0. The van der Waals surface area contributed by atoms with Gasteiger partial charge in [0.1, 0.15) is 11.4 Å². The molecule has 8 heteroatoms. The molecule has 8 nitrogen and oxygen atoms in total. The standard InChI is InChI=1S/C14H20N5O3/c1-8-9(2)19-10-11(15-13(19)16(8)3)17(4)14(21)18(12(10)20)6-7-22-5/h10H,6-7H2,1-5H3/q+1. The number of carbonyl (C=O) groups excluding carboxylic acids is 2. The molecule has 1 aromatic heterocycles. The number of imide groups is 1. The molecule has 0 aliphatic carbocycles. The van der Waals surface area contributed by atoms with E-state index in [4.69, 9.17) is 4.74 Å². The fraction of sp³-hybridized carbons (Fsp3) is 0.571. The molecule has 3 rings (SSSR count). The first-order valence-corrected chi connectivity index (χ1v) is 7.14. The Bertz CT molecular complexity index is 706. The molecule has 0 radical (unpaired) electrons. The van der Waals surface area contributed by atoms with Crippen LogP contribution in [-0.2, 0) is 16.6 Å². The van der Waals surface area contributed by atoms with Crippen LogP contribution in [0, 0.1) is 13.8 Å². The van der Waals surface area contributed by atoms with E-state index in [0.717, 1.165) is 11.4 Å². The zero-order valence-corrected chi connectivity index (χ0v) is 13.5. The molecule has 0 aromatic carbocycles. The Kier molecular flexibility index (Phi) is 3.28. The molecular weight excluding hydrogens is 286 g/mol. The van der Waals surface area contributed by atoms with Gasteiger partial charge >= 0.3 is 12.0 Å². The van der Waals surface area contributed by atoms with E-state index in [1.165, 1.54) is 9.80 Å². The summed E-state index contributed by atoms with van der Waals surface area (Å²) in [4.78, 5) is 32.4. The van der Waals surface area contributed by atoms with Crippen molar-refractivity contribution in [1.29, 1.82) is 0 Å². The van der Waals surface area contributed by atoms with Crippen molar-refractivity contribution in [2.24, 2.45) is 12.0 Å².